The molecule has 2 aliphatic heterocycles. The van der Waals surface area contributed by atoms with Crippen molar-refractivity contribution in [2.24, 2.45) is 23.7 Å². The highest BCUT2D eigenvalue weighted by Crippen LogP contribution is 2.52. The number of fused-ring (bicyclic) bond motifs is 2. The first-order valence-corrected chi connectivity index (χ1v) is 8.83. The van der Waals surface area contributed by atoms with E-state index in [0.29, 0.717) is 24.0 Å². The molecule has 120 valence electrons. The van der Waals surface area contributed by atoms with Gasteiger partial charge in [0.2, 0.25) is 0 Å². The first kappa shape index (κ1) is 14.5. The number of epoxide rings is 2. The highest BCUT2D eigenvalue weighted by Gasteiger charge is 2.58. The lowest BCUT2D eigenvalue weighted by molar-refractivity contribution is 0.0238. The second kappa shape index (κ2) is 4.69. The molecule has 4 rings (SSSR count). The average molecular weight is 294 g/mol. The Balaban J connectivity index is 1.23. The van der Waals surface area contributed by atoms with Crippen LogP contribution < -0.4 is 0 Å². The molecule has 2 saturated carbocycles. The Hall–Kier alpha value is -0.120. The van der Waals surface area contributed by atoms with Crippen molar-refractivity contribution < 1.29 is 14.2 Å². The quantitative estimate of drug-likeness (QED) is 0.745. The van der Waals surface area contributed by atoms with Crippen LogP contribution in [0.5, 0.6) is 0 Å². The Kier molecular flexibility index (Phi) is 3.23. The van der Waals surface area contributed by atoms with E-state index in [1.165, 1.54) is 25.7 Å². The number of hydrogen-bond donors (Lipinski definition) is 0. The Morgan fingerprint density at radius 1 is 0.857 bits per heavy atom. The summed E-state index contributed by atoms with van der Waals surface area (Å²) in [6.07, 6.45) is 5.83. The van der Waals surface area contributed by atoms with E-state index in [1.807, 2.05) is 0 Å². The monoisotopic (exact) mass is 294 g/mol. The summed E-state index contributed by atoms with van der Waals surface area (Å²) in [5.74, 6) is 2.83. The fourth-order valence-electron chi connectivity index (χ4n) is 5.00. The van der Waals surface area contributed by atoms with Gasteiger partial charge in [-0.25, -0.2) is 0 Å². The van der Waals surface area contributed by atoms with Gasteiger partial charge in [-0.15, -0.1) is 0 Å². The minimum atomic E-state index is 0.210. The van der Waals surface area contributed by atoms with Gasteiger partial charge in [-0.3, -0.25) is 0 Å². The van der Waals surface area contributed by atoms with Crippen LogP contribution in [0.3, 0.4) is 0 Å². The predicted octanol–water partition coefficient (Wildman–Crippen LogP) is 3.41. The molecule has 8 atom stereocenters. The maximum absolute atomic E-state index is 6.14. The fraction of sp³-hybridized carbons (Fsp3) is 1.00. The van der Waals surface area contributed by atoms with E-state index in [4.69, 9.17) is 14.2 Å². The van der Waals surface area contributed by atoms with Crippen LogP contribution in [0.15, 0.2) is 0 Å². The van der Waals surface area contributed by atoms with Gasteiger partial charge in [0, 0.05) is 13.2 Å². The highest BCUT2D eigenvalue weighted by molar-refractivity contribution is 5.06. The van der Waals surface area contributed by atoms with Crippen molar-refractivity contribution in [2.45, 2.75) is 76.8 Å². The zero-order valence-electron chi connectivity index (χ0n) is 13.9. The van der Waals surface area contributed by atoms with Crippen LogP contribution in [0.2, 0.25) is 0 Å². The molecule has 4 aliphatic rings. The molecule has 3 nitrogen and oxygen atoms in total. The Morgan fingerprint density at radius 2 is 1.29 bits per heavy atom. The van der Waals surface area contributed by atoms with Crippen LogP contribution in [0.25, 0.3) is 0 Å². The molecule has 2 aliphatic carbocycles. The highest BCUT2D eigenvalue weighted by atomic mass is 16.6. The minimum absolute atomic E-state index is 0.210. The van der Waals surface area contributed by atoms with E-state index in [9.17, 15) is 0 Å². The standard InChI is InChI=1S/C18H30O3/c1-11-7-17(3)15(20-17)5-13(11)9-19-10-14-6-16-18(4,21-16)8-12(14)2/h11-16H,5-10H2,1-4H3. The summed E-state index contributed by atoms with van der Waals surface area (Å²) in [4.78, 5) is 0. The van der Waals surface area contributed by atoms with E-state index >= 15 is 0 Å². The van der Waals surface area contributed by atoms with Crippen molar-refractivity contribution in [1.29, 1.82) is 0 Å². The largest absolute Gasteiger partial charge is 0.381 e. The lowest BCUT2D eigenvalue weighted by Gasteiger charge is -2.32. The lowest BCUT2D eigenvalue weighted by Crippen LogP contribution is -2.34. The molecule has 8 unspecified atom stereocenters. The molecule has 0 spiro atoms. The summed E-state index contributed by atoms with van der Waals surface area (Å²) in [6, 6.07) is 0. The van der Waals surface area contributed by atoms with Gasteiger partial charge in [0.05, 0.1) is 23.4 Å². The van der Waals surface area contributed by atoms with Gasteiger partial charge >= 0.3 is 0 Å². The van der Waals surface area contributed by atoms with Gasteiger partial charge in [0.1, 0.15) is 0 Å². The topological polar surface area (TPSA) is 34.3 Å². The van der Waals surface area contributed by atoms with Crippen LogP contribution >= 0.6 is 0 Å². The first-order chi connectivity index (χ1) is 9.90. The SMILES string of the molecule is CC1CC2(C)OC2CC1COCC1CC2OC2(C)CC1C. The van der Waals surface area contributed by atoms with Crippen LogP contribution in [-0.4, -0.2) is 36.6 Å². The van der Waals surface area contributed by atoms with E-state index in [1.54, 1.807) is 0 Å². The van der Waals surface area contributed by atoms with E-state index < -0.39 is 0 Å². The van der Waals surface area contributed by atoms with Gasteiger partial charge in [0.25, 0.3) is 0 Å². The summed E-state index contributed by atoms with van der Waals surface area (Å²) in [5, 5.41) is 0. The minimum Gasteiger partial charge on any atom is -0.381 e. The van der Waals surface area contributed by atoms with Crippen molar-refractivity contribution in [2.75, 3.05) is 13.2 Å². The van der Waals surface area contributed by atoms with Crippen molar-refractivity contribution in [3.8, 4) is 0 Å². The molecule has 0 aromatic rings. The predicted molar refractivity (Wildman–Crippen MR) is 81.2 cm³/mol. The maximum Gasteiger partial charge on any atom is 0.0923 e. The molecule has 0 aromatic carbocycles. The number of ether oxygens (including phenoxy) is 3. The molecular formula is C18H30O3. The molecule has 4 fully saturated rings. The third kappa shape index (κ3) is 2.55. The third-order valence-corrected chi connectivity index (χ3v) is 6.83. The summed E-state index contributed by atoms with van der Waals surface area (Å²) in [7, 11) is 0. The number of rotatable bonds is 4. The average Bonchev–Trinajstić information content (AvgIpc) is 3.23. The van der Waals surface area contributed by atoms with Gasteiger partial charge in [-0.05, 0) is 63.2 Å². The molecule has 0 aromatic heterocycles. The molecular weight excluding hydrogens is 264 g/mol. The Bertz CT molecular complexity index is 387. The molecule has 3 heteroatoms. The van der Waals surface area contributed by atoms with Crippen LogP contribution in [0, 0.1) is 23.7 Å². The van der Waals surface area contributed by atoms with Crippen LogP contribution in [0.1, 0.15) is 53.4 Å². The third-order valence-electron chi connectivity index (χ3n) is 6.83. The summed E-state index contributed by atoms with van der Waals surface area (Å²) >= 11 is 0. The van der Waals surface area contributed by atoms with Crippen LogP contribution in [0.4, 0.5) is 0 Å². The van der Waals surface area contributed by atoms with Crippen molar-refractivity contribution in [1.82, 2.24) is 0 Å². The van der Waals surface area contributed by atoms with Crippen LogP contribution in [-0.2, 0) is 14.2 Å². The molecule has 2 saturated heterocycles. The molecule has 0 radical (unpaired) electrons. The number of hydrogen-bond acceptors (Lipinski definition) is 3. The zero-order valence-corrected chi connectivity index (χ0v) is 13.9. The van der Waals surface area contributed by atoms with Crippen molar-refractivity contribution in [3.05, 3.63) is 0 Å². The summed E-state index contributed by atoms with van der Waals surface area (Å²) in [6.45, 7) is 11.1. The second-order valence-corrected chi connectivity index (χ2v) is 8.73. The molecule has 0 N–H and O–H groups in total. The summed E-state index contributed by atoms with van der Waals surface area (Å²) in [5.41, 5.74) is 0.420. The normalized spacial score (nSPS) is 58.3. The van der Waals surface area contributed by atoms with E-state index in [-0.39, 0.29) is 11.2 Å². The van der Waals surface area contributed by atoms with Gasteiger partial charge in [-0.1, -0.05) is 13.8 Å². The molecule has 0 bridgehead atoms. The first-order valence-electron chi connectivity index (χ1n) is 8.83. The van der Waals surface area contributed by atoms with Gasteiger partial charge < -0.3 is 14.2 Å². The Morgan fingerprint density at radius 3 is 1.71 bits per heavy atom. The van der Waals surface area contributed by atoms with E-state index in [2.05, 4.69) is 27.7 Å². The fourth-order valence-corrected chi connectivity index (χ4v) is 5.00. The second-order valence-electron chi connectivity index (χ2n) is 8.73. The summed E-state index contributed by atoms with van der Waals surface area (Å²) < 4.78 is 17.8. The van der Waals surface area contributed by atoms with E-state index in [0.717, 1.165) is 25.0 Å². The van der Waals surface area contributed by atoms with Gasteiger partial charge in [0.15, 0.2) is 0 Å². The van der Waals surface area contributed by atoms with Crippen molar-refractivity contribution in [3.63, 3.8) is 0 Å². The Labute approximate surface area is 128 Å². The smallest absolute Gasteiger partial charge is 0.0923 e. The molecule has 2 heterocycles. The molecule has 0 amide bonds. The lowest BCUT2D eigenvalue weighted by atomic mass is 9.75. The molecule has 21 heavy (non-hydrogen) atoms. The zero-order chi connectivity index (χ0) is 14.8. The van der Waals surface area contributed by atoms with Crippen molar-refractivity contribution >= 4 is 0 Å². The maximum atomic E-state index is 6.14. The van der Waals surface area contributed by atoms with Gasteiger partial charge in [-0.2, -0.15) is 0 Å².